The minimum absolute atomic E-state index is 0.196. The summed E-state index contributed by atoms with van der Waals surface area (Å²) in [5.74, 6) is 2.65. The van der Waals surface area contributed by atoms with Crippen LogP contribution in [0.15, 0.2) is 52.1 Å². The molecule has 1 atom stereocenters. The van der Waals surface area contributed by atoms with Crippen molar-refractivity contribution in [1.29, 1.82) is 0 Å². The van der Waals surface area contributed by atoms with Gasteiger partial charge in [-0.25, -0.2) is 0 Å². The van der Waals surface area contributed by atoms with Gasteiger partial charge in [0.25, 0.3) is 0 Å². The summed E-state index contributed by atoms with van der Waals surface area (Å²) in [4.78, 5) is 6.94. The monoisotopic (exact) mass is 358 g/mol. The van der Waals surface area contributed by atoms with Gasteiger partial charge in [-0.05, 0) is 50.8 Å². The van der Waals surface area contributed by atoms with Gasteiger partial charge in [-0.1, -0.05) is 12.1 Å². The summed E-state index contributed by atoms with van der Waals surface area (Å²) in [6.07, 6.45) is 2.53. The van der Waals surface area contributed by atoms with Crippen LogP contribution in [0.4, 0.5) is 0 Å². The van der Waals surface area contributed by atoms with Gasteiger partial charge in [0.05, 0.1) is 26.0 Å². The molecule has 1 heterocycles. The van der Waals surface area contributed by atoms with Crippen LogP contribution in [0.2, 0.25) is 0 Å². The minimum atomic E-state index is 0.196. The normalized spacial score (nSPS) is 12.9. The standard InChI is InChI=1S/C20H30N4O2/c1-5-21-20(22-13-12-18-7-6-14-26-18)23-15-19(24(2)3)16-8-10-17(25-4)11-9-16/h6-11,14,19H,5,12-13,15H2,1-4H3,(H2,21,22,23). The van der Waals surface area contributed by atoms with Gasteiger partial charge in [0.1, 0.15) is 11.5 Å². The molecule has 2 rings (SSSR count). The van der Waals surface area contributed by atoms with Crippen molar-refractivity contribution in [2.24, 2.45) is 4.99 Å². The van der Waals surface area contributed by atoms with E-state index in [9.17, 15) is 0 Å². The molecule has 0 amide bonds. The molecule has 1 unspecified atom stereocenters. The summed E-state index contributed by atoms with van der Waals surface area (Å²) in [6, 6.07) is 12.3. The predicted molar refractivity (Wildman–Crippen MR) is 106 cm³/mol. The zero-order valence-corrected chi connectivity index (χ0v) is 16.2. The van der Waals surface area contributed by atoms with Gasteiger partial charge < -0.3 is 24.7 Å². The lowest BCUT2D eigenvalue weighted by Gasteiger charge is -2.24. The Kier molecular flexibility index (Phi) is 8.02. The van der Waals surface area contributed by atoms with Crippen LogP contribution in [0.3, 0.4) is 0 Å². The Bertz CT molecular complexity index is 651. The van der Waals surface area contributed by atoms with Crippen LogP contribution in [0.5, 0.6) is 5.75 Å². The first-order valence-corrected chi connectivity index (χ1v) is 8.99. The molecular weight excluding hydrogens is 328 g/mol. The maximum absolute atomic E-state index is 5.36. The van der Waals surface area contributed by atoms with Crippen molar-refractivity contribution in [2.75, 3.05) is 40.8 Å². The van der Waals surface area contributed by atoms with E-state index in [1.165, 1.54) is 5.56 Å². The molecule has 2 N–H and O–H groups in total. The predicted octanol–water partition coefficient (Wildman–Crippen LogP) is 2.69. The minimum Gasteiger partial charge on any atom is -0.497 e. The molecule has 0 radical (unpaired) electrons. The molecule has 1 aromatic carbocycles. The molecule has 0 saturated heterocycles. The number of nitrogens with one attached hydrogen (secondary N) is 2. The molecule has 26 heavy (non-hydrogen) atoms. The van der Waals surface area contributed by atoms with E-state index < -0.39 is 0 Å². The highest BCUT2D eigenvalue weighted by Gasteiger charge is 2.14. The van der Waals surface area contributed by atoms with Crippen molar-refractivity contribution in [3.05, 3.63) is 54.0 Å². The van der Waals surface area contributed by atoms with E-state index in [0.717, 1.165) is 37.0 Å². The van der Waals surface area contributed by atoms with Crippen LogP contribution in [-0.4, -0.2) is 51.7 Å². The molecule has 0 spiro atoms. The molecule has 6 nitrogen and oxygen atoms in total. The fourth-order valence-electron chi connectivity index (χ4n) is 2.67. The van der Waals surface area contributed by atoms with Crippen molar-refractivity contribution in [2.45, 2.75) is 19.4 Å². The van der Waals surface area contributed by atoms with Crippen molar-refractivity contribution < 1.29 is 9.15 Å². The maximum atomic E-state index is 5.36. The first-order chi connectivity index (χ1) is 12.6. The molecule has 1 aromatic heterocycles. The Hall–Kier alpha value is -2.47. The summed E-state index contributed by atoms with van der Waals surface area (Å²) >= 11 is 0. The van der Waals surface area contributed by atoms with E-state index in [0.29, 0.717) is 6.54 Å². The lowest BCUT2D eigenvalue weighted by atomic mass is 10.1. The fraction of sp³-hybridized carbons (Fsp3) is 0.450. The van der Waals surface area contributed by atoms with Crippen LogP contribution in [-0.2, 0) is 6.42 Å². The highest BCUT2D eigenvalue weighted by atomic mass is 16.5. The third-order valence-electron chi connectivity index (χ3n) is 4.13. The SMILES string of the molecule is CCNC(=NCC(c1ccc(OC)cc1)N(C)C)NCCc1ccco1. The number of aliphatic imine (C=N–C) groups is 1. The number of benzene rings is 1. The van der Waals surface area contributed by atoms with E-state index in [4.69, 9.17) is 14.1 Å². The average molecular weight is 358 g/mol. The molecule has 0 aliphatic heterocycles. The van der Waals surface area contributed by atoms with Gasteiger partial charge in [-0.3, -0.25) is 4.99 Å². The highest BCUT2D eigenvalue weighted by Crippen LogP contribution is 2.21. The molecular formula is C20H30N4O2. The summed E-state index contributed by atoms with van der Waals surface area (Å²) in [7, 11) is 5.82. The Labute approximate surface area is 156 Å². The Morgan fingerprint density at radius 1 is 1.19 bits per heavy atom. The Morgan fingerprint density at radius 3 is 2.54 bits per heavy atom. The van der Waals surface area contributed by atoms with Crippen LogP contribution < -0.4 is 15.4 Å². The number of hydrogen-bond donors (Lipinski definition) is 2. The zero-order valence-electron chi connectivity index (χ0n) is 16.2. The van der Waals surface area contributed by atoms with Crippen LogP contribution in [0.1, 0.15) is 24.3 Å². The number of nitrogens with zero attached hydrogens (tertiary/aromatic N) is 2. The Balaban J connectivity index is 1.98. The second-order valence-corrected chi connectivity index (χ2v) is 6.23. The number of methoxy groups -OCH3 is 1. The smallest absolute Gasteiger partial charge is 0.191 e. The van der Waals surface area contributed by atoms with Gasteiger partial charge in [-0.15, -0.1) is 0 Å². The number of guanidine groups is 1. The molecule has 0 aliphatic carbocycles. The van der Waals surface area contributed by atoms with Crippen molar-refractivity contribution in [3.63, 3.8) is 0 Å². The van der Waals surface area contributed by atoms with E-state index in [-0.39, 0.29) is 6.04 Å². The number of ether oxygens (including phenoxy) is 1. The van der Waals surface area contributed by atoms with Crippen LogP contribution >= 0.6 is 0 Å². The summed E-state index contributed by atoms with van der Waals surface area (Å²) in [5.41, 5.74) is 1.21. The topological polar surface area (TPSA) is 62.0 Å². The number of rotatable bonds is 9. The Morgan fingerprint density at radius 2 is 1.96 bits per heavy atom. The lowest BCUT2D eigenvalue weighted by Crippen LogP contribution is -2.39. The van der Waals surface area contributed by atoms with Crippen molar-refractivity contribution >= 4 is 5.96 Å². The molecule has 6 heteroatoms. The summed E-state index contributed by atoms with van der Waals surface area (Å²) in [6.45, 7) is 4.32. The quantitative estimate of drug-likeness (QED) is 0.533. The third-order valence-corrected chi connectivity index (χ3v) is 4.13. The van der Waals surface area contributed by atoms with Gasteiger partial charge in [0, 0.05) is 19.5 Å². The van der Waals surface area contributed by atoms with E-state index in [1.807, 2.05) is 24.3 Å². The van der Waals surface area contributed by atoms with Gasteiger partial charge >= 0.3 is 0 Å². The van der Waals surface area contributed by atoms with E-state index in [1.54, 1.807) is 13.4 Å². The number of furan rings is 1. The molecule has 0 fully saturated rings. The lowest BCUT2D eigenvalue weighted by molar-refractivity contribution is 0.306. The van der Waals surface area contributed by atoms with Gasteiger partial charge in [0.15, 0.2) is 5.96 Å². The fourth-order valence-corrected chi connectivity index (χ4v) is 2.67. The number of likely N-dealkylation sites (N-methyl/N-ethyl adjacent to an activating group) is 1. The van der Waals surface area contributed by atoms with Crippen LogP contribution in [0.25, 0.3) is 0 Å². The summed E-state index contributed by atoms with van der Waals surface area (Å²) in [5, 5.41) is 6.66. The average Bonchev–Trinajstić information content (AvgIpc) is 3.15. The van der Waals surface area contributed by atoms with Crippen molar-refractivity contribution in [3.8, 4) is 5.75 Å². The van der Waals surface area contributed by atoms with E-state index in [2.05, 4.69) is 48.7 Å². The maximum Gasteiger partial charge on any atom is 0.191 e. The largest absolute Gasteiger partial charge is 0.497 e. The van der Waals surface area contributed by atoms with Gasteiger partial charge in [0.2, 0.25) is 0 Å². The molecule has 0 aliphatic rings. The second-order valence-electron chi connectivity index (χ2n) is 6.23. The first kappa shape index (κ1) is 19.8. The third kappa shape index (κ3) is 6.11. The van der Waals surface area contributed by atoms with Crippen LogP contribution in [0, 0.1) is 0 Å². The molecule has 2 aromatic rings. The van der Waals surface area contributed by atoms with E-state index >= 15 is 0 Å². The molecule has 142 valence electrons. The first-order valence-electron chi connectivity index (χ1n) is 8.99. The second kappa shape index (κ2) is 10.5. The number of hydrogen-bond acceptors (Lipinski definition) is 4. The van der Waals surface area contributed by atoms with Gasteiger partial charge in [-0.2, -0.15) is 0 Å². The summed E-state index contributed by atoms with van der Waals surface area (Å²) < 4.78 is 10.6. The highest BCUT2D eigenvalue weighted by molar-refractivity contribution is 5.79. The molecule has 0 saturated carbocycles. The van der Waals surface area contributed by atoms with Crippen molar-refractivity contribution in [1.82, 2.24) is 15.5 Å². The molecule has 0 bridgehead atoms. The zero-order chi connectivity index (χ0) is 18.8.